The van der Waals surface area contributed by atoms with E-state index in [2.05, 4.69) is 4.90 Å². The lowest BCUT2D eigenvalue weighted by Crippen LogP contribution is -2.31. The number of benzene rings is 1. The first-order chi connectivity index (χ1) is 10.6. The fourth-order valence-corrected chi connectivity index (χ4v) is 3.78. The van der Waals surface area contributed by atoms with Gasteiger partial charge >= 0.3 is 0 Å². The molecule has 5 nitrogen and oxygen atoms in total. The van der Waals surface area contributed by atoms with Crippen molar-refractivity contribution < 1.29 is 14.3 Å². The molecule has 1 atom stereocenters. The SMILES string of the molecule is COc1ccc([C@H]2SCC(=O)N2CCCN(C)C)c(OC)c1. The highest BCUT2D eigenvalue weighted by molar-refractivity contribution is 8.00. The molecule has 0 aliphatic carbocycles. The number of ether oxygens (including phenoxy) is 2. The fourth-order valence-electron chi connectivity index (χ4n) is 2.53. The third-order valence-corrected chi connectivity index (χ3v) is 4.92. The Morgan fingerprint density at radius 3 is 2.73 bits per heavy atom. The van der Waals surface area contributed by atoms with E-state index < -0.39 is 0 Å². The van der Waals surface area contributed by atoms with Crippen LogP contribution in [0.3, 0.4) is 0 Å². The van der Waals surface area contributed by atoms with Crippen molar-refractivity contribution in [2.75, 3.05) is 47.2 Å². The predicted molar refractivity (Wildman–Crippen MR) is 89.6 cm³/mol. The molecule has 0 spiro atoms. The summed E-state index contributed by atoms with van der Waals surface area (Å²) in [7, 11) is 7.38. The monoisotopic (exact) mass is 324 g/mol. The Morgan fingerprint density at radius 2 is 2.09 bits per heavy atom. The number of thioether (sulfide) groups is 1. The highest BCUT2D eigenvalue weighted by Crippen LogP contribution is 2.43. The molecule has 0 bridgehead atoms. The van der Waals surface area contributed by atoms with Crippen LogP contribution >= 0.6 is 11.8 Å². The molecule has 1 aromatic rings. The zero-order valence-corrected chi connectivity index (χ0v) is 14.5. The maximum Gasteiger partial charge on any atom is 0.233 e. The van der Waals surface area contributed by atoms with E-state index in [1.54, 1.807) is 26.0 Å². The molecule has 22 heavy (non-hydrogen) atoms. The summed E-state index contributed by atoms with van der Waals surface area (Å²) in [5, 5.41) is 0.0236. The first-order valence-electron chi connectivity index (χ1n) is 7.34. The van der Waals surface area contributed by atoms with Gasteiger partial charge in [0, 0.05) is 18.2 Å². The van der Waals surface area contributed by atoms with E-state index >= 15 is 0 Å². The first kappa shape index (κ1) is 17.0. The molecular formula is C16H24N2O3S. The van der Waals surface area contributed by atoms with Crippen molar-refractivity contribution in [1.82, 2.24) is 9.80 Å². The lowest BCUT2D eigenvalue weighted by molar-refractivity contribution is -0.128. The molecule has 0 N–H and O–H groups in total. The number of nitrogens with zero attached hydrogens (tertiary/aromatic N) is 2. The Morgan fingerprint density at radius 1 is 1.32 bits per heavy atom. The van der Waals surface area contributed by atoms with Crippen LogP contribution in [0.1, 0.15) is 17.4 Å². The molecule has 1 fully saturated rings. The predicted octanol–water partition coefficient (Wildman–Crippen LogP) is 2.23. The van der Waals surface area contributed by atoms with Crippen LogP contribution in [0.5, 0.6) is 11.5 Å². The molecule has 0 aromatic heterocycles. The number of methoxy groups -OCH3 is 2. The molecular weight excluding hydrogens is 300 g/mol. The van der Waals surface area contributed by atoms with E-state index in [1.807, 2.05) is 37.2 Å². The molecule has 0 saturated carbocycles. The lowest BCUT2D eigenvalue weighted by Gasteiger charge is -2.26. The summed E-state index contributed by atoms with van der Waals surface area (Å²) in [6.07, 6.45) is 0.967. The molecule has 6 heteroatoms. The van der Waals surface area contributed by atoms with Crippen molar-refractivity contribution >= 4 is 17.7 Å². The molecule has 1 heterocycles. The lowest BCUT2D eigenvalue weighted by atomic mass is 10.1. The summed E-state index contributed by atoms with van der Waals surface area (Å²) in [5.74, 6) is 2.26. The highest BCUT2D eigenvalue weighted by atomic mass is 32.2. The fraction of sp³-hybridized carbons (Fsp3) is 0.562. The maximum atomic E-state index is 12.2. The number of carbonyl (C=O) groups excluding carboxylic acids is 1. The van der Waals surface area contributed by atoms with E-state index in [-0.39, 0.29) is 11.3 Å². The summed E-state index contributed by atoms with van der Waals surface area (Å²) in [6.45, 7) is 1.74. The van der Waals surface area contributed by atoms with Crippen molar-refractivity contribution in [3.8, 4) is 11.5 Å². The molecule has 1 amide bonds. The second-order valence-electron chi connectivity index (χ2n) is 5.52. The van der Waals surface area contributed by atoms with Crippen LogP contribution in [-0.4, -0.2) is 62.9 Å². The van der Waals surface area contributed by atoms with Crippen LogP contribution in [0.4, 0.5) is 0 Å². The summed E-state index contributed by atoms with van der Waals surface area (Å²) in [5.41, 5.74) is 1.03. The number of rotatable bonds is 7. The smallest absolute Gasteiger partial charge is 0.233 e. The van der Waals surface area contributed by atoms with Crippen molar-refractivity contribution in [3.05, 3.63) is 23.8 Å². The number of carbonyl (C=O) groups is 1. The van der Waals surface area contributed by atoms with Gasteiger partial charge in [-0.3, -0.25) is 4.79 Å². The molecule has 122 valence electrons. The van der Waals surface area contributed by atoms with Crippen LogP contribution in [-0.2, 0) is 4.79 Å². The van der Waals surface area contributed by atoms with Gasteiger partial charge in [-0.1, -0.05) is 0 Å². The third kappa shape index (κ3) is 3.87. The molecule has 1 aliphatic heterocycles. The van der Waals surface area contributed by atoms with E-state index in [4.69, 9.17) is 9.47 Å². The van der Waals surface area contributed by atoms with E-state index in [0.29, 0.717) is 5.75 Å². The van der Waals surface area contributed by atoms with Crippen molar-refractivity contribution in [2.45, 2.75) is 11.8 Å². The summed E-state index contributed by atoms with van der Waals surface area (Å²) in [6, 6.07) is 5.78. The minimum absolute atomic E-state index is 0.0236. The van der Waals surface area contributed by atoms with E-state index in [0.717, 1.165) is 36.6 Å². The van der Waals surface area contributed by atoms with E-state index in [1.165, 1.54) is 0 Å². The number of amides is 1. The standard InChI is InChI=1S/C16H24N2O3S/c1-17(2)8-5-9-18-15(19)11-22-16(18)13-7-6-12(20-3)10-14(13)21-4/h6-7,10,16H,5,8-9,11H2,1-4H3/t16-/m1/s1. The molecule has 0 radical (unpaired) electrons. The molecule has 2 rings (SSSR count). The molecule has 1 aliphatic rings. The second-order valence-corrected chi connectivity index (χ2v) is 6.58. The first-order valence-corrected chi connectivity index (χ1v) is 8.39. The van der Waals surface area contributed by atoms with Crippen LogP contribution in [0, 0.1) is 0 Å². The minimum Gasteiger partial charge on any atom is -0.497 e. The van der Waals surface area contributed by atoms with Gasteiger partial charge in [0.25, 0.3) is 0 Å². The molecule has 0 unspecified atom stereocenters. The molecule has 1 saturated heterocycles. The Balaban J connectivity index is 2.17. The van der Waals surface area contributed by atoms with Crippen LogP contribution in [0.25, 0.3) is 0 Å². The van der Waals surface area contributed by atoms with Gasteiger partial charge in [-0.15, -0.1) is 11.8 Å². The van der Waals surface area contributed by atoms with Gasteiger partial charge < -0.3 is 19.3 Å². The van der Waals surface area contributed by atoms with Gasteiger partial charge in [-0.05, 0) is 39.2 Å². The van der Waals surface area contributed by atoms with Crippen molar-refractivity contribution in [1.29, 1.82) is 0 Å². The van der Waals surface area contributed by atoms with Crippen LogP contribution in [0.15, 0.2) is 18.2 Å². The second kappa shape index (κ2) is 7.74. The summed E-state index contributed by atoms with van der Waals surface area (Å²) < 4.78 is 10.7. The quantitative estimate of drug-likeness (QED) is 0.769. The Kier molecular flexibility index (Phi) is 5.97. The topological polar surface area (TPSA) is 42.0 Å². The highest BCUT2D eigenvalue weighted by Gasteiger charge is 2.34. The summed E-state index contributed by atoms with van der Waals surface area (Å²) in [4.78, 5) is 16.3. The Bertz CT molecular complexity index is 522. The van der Waals surface area contributed by atoms with Gasteiger partial charge in [0.05, 0.1) is 20.0 Å². The van der Waals surface area contributed by atoms with E-state index in [9.17, 15) is 4.79 Å². The van der Waals surface area contributed by atoms with Gasteiger partial charge in [0.15, 0.2) is 0 Å². The molecule has 1 aromatic carbocycles. The Labute approximate surface area is 136 Å². The van der Waals surface area contributed by atoms with Gasteiger partial charge in [0.2, 0.25) is 5.91 Å². The Hall–Kier alpha value is -1.40. The number of hydrogen-bond acceptors (Lipinski definition) is 5. The van der Waals surface area contributed by atoms with Crippen molar-refractivity contribution in [3.63, 3.8) is 0 Å². The average Bonchev–Trinajstić information content (AvgIpc) is 2.87. The normalized spacial score (nSPS) is 18.1. The van der Waals surface area contributed by atoms with Gasteiger partial charge in [-0.25, -0.2) is 0 Å². The average molecular weight is 324 g/mol. The van der Waals surface area contributed by atoms with Crippen LogP contribution < -0.4 is 9.47 Å². The largest absolute Gasteiger partial charge is 0.497 e. The van der Waals surface area contributed by atoms with Crippen molar-refractivity contribution in [2.24, 2.45) is 0 Å². The van der Waals surface area contributed by atoms with Crippen LogP contribution in [0.2, 0.25) is 0 Å². The summed E-state index contributed by atoms with van der Waals surface area (Å²) >= 11 is 1.66. The zero-order valence-electron chi connectivity index (χ0n) is 13.7. The van der Waals surface area contributed by atoms with Gasteiger partial charge in [0.1, 0.15) is 16.9 Å². The number of hydrogen-bond donors (Lipinski definition) is 0. The van der Waals surface area contributed by atoms with Gasteiger partial charge in [-0.2, -0.15) is 0 Å². The third-order valence-electron chi connectivity index (χ3n) is 3.68. The minimum atomic E-state index is 0.0236. The maximum absolute atomic E-state index is 12.2. The zero-order chi connectivity index (χ0) is 16.1.